The van der Waals surface area contributed by atoms with Crippen LogP contribution in [0.1, 0.15) is 6.92 Å². The van der Waals surface area contributed by atoms with Gasteiger partial charge in [-0.1, -0.05) is 0 Å². The third-order valence-corrected chi connectivity index (χ3v) is 1.19. The molecule has 0 unspecified atom stereocenters. The Morgan fingerprint density at radius 1 is 0.944 bits per heavy atom. The molecule has 0 heterocycles. The zero-order valence-corrected chi connectivity index (χ0v) is 12.2. The smallest absolute Gasteiger partial charge is 0.508 e. The van der Waals surface area contributed by atoms with Crippen LogP contribution in [0.4, 0.5) is 5.69 Å². The summed E-state index contributed by atoms with van der Waals surface area (Å²) in [5.74, 6) is 0.0785. The maximum Gasteiger partial charge on any atom is 1.00 e. The Bertz CT molecular complexity index is 268. The summed E-state index contributed by atoms with van der Waals surface area (Å²) in [5.41, 5.74) is 0.690. The number of rotatable bonds is 1. The van der Waals surface area contributed by atoms with Gasteiger partial charge in [-0.25, -0.2) is 0 Å². The van der Waals surface area contributed by atoms with E-state index in [0.29, 0.717) is 5.69 Å². The Balaban J connectivity index is -0.0000000346. The normalized spacial score (nSPS) is 5.61. The van der Waals surface area contributed by atoms with Crippen molar-refractivity contribution >= 4 is 11.6 Å². The van der Waals surface area contributed by atoms with Gasteiger partial charge in [0.2, 0.25) is 5.91 Å². The number of hydrogen-bond donors (Lipinski definition) is 2. The fourth-order valence-electron chi connectivity index (χ4n) is 0.748. The summed E-state index contributed by atoms with van der Waals surface area (Å²) in [4.78, 5) is 10.5. The molecule has 0 bridgehead atoms. The number of carbonyl (C=O) groups excluding carboxylic acids is 1. The van der Waals surface area contributed by atoms with Crippen LogP contribution in [-0.2, 0) is 4.79 Å². The maximum absolute atomic E-state index is 10.5. The minimum atomic E-state index is -0.115. The van der Waals surface area contributed by atoms with E-state index in [9.17, 15) is 4.79 Å². The molecule has 1 amide bonds. The minimum Gasteiger partial charge on any atom is -0.508 e. The van der Waals surface area contributed by atoms with E-state index in [4.69, 9.17) is 5.11 Å². The Labute approximate surface area is 126 Å². The predicted molar refractivity (Wildman–Crippen MR) is 64.1 cm³/mol. The van der Waals surface area contributed by atoms with Gasteiger partial charge in [-0.15, -0.1) is 0 Å². The van der Waals surface area contributed by atoms with Crippen LogP contribution < -0.4 is 34.9 Å². The number of anilines is 1. The number of phenolic OH excluding ortho intramolecular Hbond substituents is 1. The van der Waals surface area contributed by atoms with E-state index in [1.807, 2.05) is 0 Å². The molecule has 106 valence electrons. The van der Waals surface area contributed by atoms with Crippen LogP contribution in [0.2, 0.25) is 0 Å². The van der Waals surface area contributed by atoms with E-state index in [-0.39, 0.29) is 74.1 Å². The molecular weight excluding hydrogens is 261 g/mol. The summed E-state index contributed by atoms with van der Waals surface area (Å²) in [6, 6.07) is 6.31. The second-order valence-corrected chi connectivity index (χ2v) is 2.23. The number of amides is 1. The molecule has 0 saturated carbocycles. The van der Waals surface area contributed by atoms with Crippen LogP contribution in [0.25, 0.3) is 0 Å². The first-order valence-corrected chi connectivity index (χ1v) is 3.25. The molecule has 1 aromatic carbocycles. The summed E-state index contributed by atoms with van der Waals surface area (Å²) in [6.07, 6.45) is 0. The molecule has 9 nitrogen and oxygen atoms in total. The molecule has 18 heavy (non-hydrogen) atoms. The predicted octanol–water partition coefficient (Wildman–Crippen LogP) is -6.59. The van der Waals surface area contributed by atoms with Crippen LogP contribution in [0.15, 0.2) is 24.3 Å². The van der Waals surface area contributed by atoms with Gasteiger partial charge < -0.3 is 43.3 Å². The van der Waals surface area contributed by atoms with E-state index >= 15 is 0 Å². The second-order valence-electron chi connectivity index (χ2n) is 2.23. The van der Waals surface area contributed by atoms with Gasteiger partial charge in [-0.05, 0) is 24.3 Å². The first-order chi connectivity index (χ1) is 5.18. The molecular formula is C8H21NNaO8+. The van der Waals surface area contributed by atoms with E-state index in [1.54, 1.807) is 12.1 Å². The Kier molecular flexibility index (Phi) is 51.8. The molecule has 0 atom stereocenters. The Morgan fingerprint density at radius 2 is 1.28 bits per heavy atom. The van der Waals surface area contributed by atoms with Gasteiger partial charge in [0, 0.05) is 12.6 Å². The third-order valence-electron chi connectivity index (χ3n) is 1.19. The van der Waals surface area contributed by atoms with Crippen LogP contribution in [0.5, 0.6) is 5.75 Å². The molecule has 10 heteroatoms. The standard InChI is InChI=1S/C8H9NO2.Na.6H2O/c1-6(10)9-7-2-4-8(11)5-3-7;;;;;;;/h2-5,11H,1H3,(H,9,10);;6*1H2/q;+1;;;;;;. The number of benzene rings is 1. The second kappa shape index (κ2) is 21.5. The van der Waals surface area contributed by atoms with Crippen LogP contribution in [0.3, 0.4) is 0 Å². The number of nitrogens with one attached hydrogen (secondary N) is 1. The van der Waals surface area contributed by atoms with Crippen molar-refractivity contribution < 1.29 is 72.3 Å². The molecule has 0 spiro atoms. The number of hydrogen-bond acceptors (Lipinski definition) is 2. The minimum absolute atomic E-state index is 0. The quantitative estimate of drug-likeness (QED) is 0.377. The zero-order chi connectivity index (χ0) is 8.27. The Hall–Kier alpha value is -0.750. The van der Waals surface area contributed by atoms with Crippen molar-refractivity contribution in [2.75, 3.05) is 5.32 Å². The first-order valence-electron chi connectivity index (χ1n) is 3.25. The van der Waals surface area contributed by atoms with Crippen LogP contribution in [-0.4, -0.2) is 43.9 Å². The van der Waals surface area contributed by atoms with Gasteiger partial charge in [0.05, 0.1) is 0 Å². The van der Waals surface area contributed by atoms with Crippen LogP contribution in [0, 0.1) is 0 Å². The number of carbonyl (C=O) groups is 1. The third kappa shape index (κ3) is 17.6. The van der Waals surface area contributed by atoms with E-state index in [1.165, 1.54) is 19.1 Å². The van der Waals surface area contributed by atoms with Gasteiger partial charge in [0.15, 0.2) is 0 Å². The molecule has 1 aromatic rings. The van der Waals surface area contributed by atoms with Gasteiger partial charge in [0.1, 0.15) is 5.75 Å². The van der Waals surface area contributed by atoms with Crippen molar-refractivity contribution in [2.45, 2.75) is 6.92 Å². The zero-order valence-electron chi connectivity index (χ0n) is 10.2. The maximum atomic E-state index is 10.5. The van der Waals surface area contributed by atoms with E-state index in [0.717, 1.165) is 0 Å². The average Bonchev–Trinajstić information content (AvgIpc) is 1.93. The molecule has 0 aliphatic carbocycles. The number of phenols is 1. The average molecular weight is 282 g/mol. The fraction of sp³-hybridized carbons (Fsp3) is 0.125. The molecule has 0 aromatic heterocycles. The SMILES string of the molecule is CC(=O)Nc1ccc(O)cc1.O.O.O.O.O.O.[Na+]. The molecule has 0 fully saturated rings. The van der Waals surface area contributed by atoms with Crippen molar-refractivity contribution in [3.8, 4) is 5.75 Å². The Morgan fingerprint density at radius 3 is 1.56 bits per heavy atom. The molecule has 0 aliphatic rings. The van der Waals surface area contributed by atoms with Crippen molar-refractivity contribution in [1.29, 1.82) is 0 Å². The van der Waals surface area contributed by atoms with Crippen molar-refractivity contribution in [3.05, 3.63) is 24.3 Å². The van der Waals surface area contributed by atoms with Gasteiger partial charge >= 0.3 is 29.6 Å². The van der Waals surface area contributed by atoms with Crippen molar-refractivity contribution in [1.82, 2.24) is 0 Å². The fourth-order valence-corrected chi connectivity index (χ4v) is 0.748. The van der Waals surface area contributed by atoms with E-state index < -0.39 is 0 Å². The molecule has 0 aliphatic heterocycles. The number of aromatic hydroxyl groups is 1. The van der Waals surface area contributed by atoms with Gasteiger partial charge in [0.25, 0.3) is 0 Å². The molecule has 1 rings (SSSR count). The molecule has 0 radical (unpaired) electrons. The first kappa shape index (κ1) is 43.4. The molecule has 14 N–H and O–H groups in total. The topological polar surface area (TPSA) is 238 Å². The van der Waals surface area contributed by atoms with E-state index in [2.05, 4.69) is 5.32 Å². The summed E-state index contributed by atoms with van der Waals surface area (Å²) in [6.45, 7) is 1.44. The van der Waals surface area contributed by atoms with Gasteiger partial charge in [-0.3, -0.25) is 4.79 Å². The summed E-state index contributed by atoms with van der Waals surface area (Å²) < 4.78 is 0. The largest absolute Gasteiger partial charge is 1.00 e. The summed E-state index contributed by atoms with van der Waals surface area (Å²) in [7, 11) is 0. The van der Waals surface area contributed by atoms with Crippen LogP contribution >= 0.6 is 0 Å². The van der Waals surface area contributed by atoms with Crippen molar-refractivity contribution in [2.24, 2.45) is 0 Å². The summed E-state index contributed by atoms with van der Waals surface area (Å²) >= 11 is 0. The molecule has 0 saturated heterocycles. The summed E-state index contributed by atoms with van der Waals surface area (Å²) in [5, 5.41) is 11.5. The van der Waals surface area contributed by atoms with Crippen molar-refractivity contribution in [3.63, 3.8) is 0 Å². The monoisotopic (exact) mass is 282 g/mol. The van der Waals surface area contributed by atoms with Gasteiger partial charge in [-0.2, -0.15) is 0 Å².